The number of aryl methyl sites for hydroxylation is 1. The van der Waals surface area contributed by atoms with Crippen LogP contribution in [0.4, 0.5) is 9.93 Å². The molecule has 2 aromatic heterocycles. The Kier molecular flexibility index (Phi) is 18.8. The van der Waals surface area contributed by atoms with E-state index in [4.69, 9.17) is 33.2 Å². The minimum atomic E-state index is -1.84. The van der Waals surface area contributed by atoms with Crippen molar-refractivity contribution >= 4 is 28.5 Å². The Morgan fingerprint density at radius 1 is 0.972 bits per heavy atom. The summed E-state index contributed by atoms with van der Waals surface area (Å²) >= 11 is 1.39. The molecule has 0 unspecified atom stereocenters. The van der Waals surface area contributed by atoms with Gasteiger partial charge in [0.1, 0.15) is 36.1 Å². The van der Waals surface area contributed by atoms with E-state index in [1.165, 1.54) is 30.3 Å². The monoisotopic (exact) mass is 1030 g/mol. The molecule has 71 heavy (non-hydrogen) atoms. The van der Waals surface area contributed by atoms with Crippen molar-refractivity contribution < 1.29 is 68.3 Å². The van der Waals surface area contributed by atoms with E-state index in [2.05, 4.69) is 15.3 Å². The molecule has 22 heteroatoms. The number of hydrogen-bond acceptors (Lipinski definition) is 20. The number of aromatic nitrogens is 4. The molecule has 404 valence electrons. The molecule has 2 aromatic rings. The zero-order chi connectivity index (χ0) is 52.5. The maximum Gasteiger partial charge on any atom is 0.416 e. The van der Waals surface area contributed by atoms with E-state index in [1.54, 1.807) is 46.2 Å². The summed E-state index contributed by atoms with van der Waals surface area (Å²) in [7, 11) is 5.24. The zero-order valence-electron chi connectivity index (χ0n) is 44.2. The number of carbonyl (C=O) groups is 2. The Morgan fingerprint density at radius 3 is 2.32 bits per heavy atom. The van der Waals surface area contributed by atoms with Crippen LogP contribution in [-0.2, 0) is 50.9 Å². The Balaban J connectivity index is 1.24. The second-order valence-electron chi connectivity index (χ2n) is 21.8. The summed E-state index contributed by atoms with van der Waals surface area (Å²) in [5.41, 5.74) is -3.01. The first kappa shape index (κ1) is 57.3. The number of thiazole rings is 1. The fourth-order valence-corrected chi connectivity index (χ4v) is 11.9. The van der Waals surface area contributed by atoms with Crippen molar-refractivity contribution in [3.8, 4) is 0 Å². The number of likely N-dealkylation sites (N-methyl/N-ethyl adjacent to an activating group) is 2. The average Bonchev–Trinajstić information content (AvgIpc) is 4.05. The molecule has 0 radical (unpaired) electrons. The Labute approximate surface area is 423 Å². The summed E-state index contributed by atoms with van der Waals surface area (Å²) in [5, 5.41) is 70.8. The summed E-state index contributed by atoms with van der Waals surface area (Å²) in [5.74, 6) is -2.82. The van der Waals surface area contributed by atoms with Gasteiger partial charge in [-0.2, -0.15) is 0 Å². The number of amides is 1. The number of ether oxygens (including phenoxy) is 7. The molecule has 6 heterocycles. The molecular formula is C49H83N7O14S. The number of hydrogen-bond donors (Lipinski definition) is 5. The number of aliphatic hydroxyl groups is 5. The predicted octanol–water partition coefficient (Wildman–Crippen LogP) is 2.90. The van der Waals surface area contributed by atoms with Crippen molar-refractivity contribution in [1.29, 1.82) is 0 Å². The van der Waals surface area contributed by atoms with Crippen LogP contribution in [0, 0.1) is 24.7 Å². The maximum atomic E-state index is 14.5. The standard InChI is InChI=1S/C49H83N7O14S/c1-15-36-49(11,63)40(58)31(7)54(13)21-26(2)19-47(9,62)42(29(5)39(30(6)43(60)68-36)69-37-20-48(10,64-14)41(59)32(8)66-37)70-44-38(57)35(18-28(4)65-44)53(12)17-16-33-22-55(52-51-33)23-34-24-56(46(61)67-34)45-50-27(3)25-71-45/h22,25-26,28-32,34-42,44,57-59,62-63H,15-21,23-24H2,1-14H3/t26-,28-,29+,30-,31-,32+,34+,35+,36-,37+,38-,39+,40-,41+,42-,44+,47-,48-,49-/m1/s1. The topological polar surface area (TPSA) is 253 Å². The molecule has 0 saturated carbocycles. The van der Waals surface area contributed by atoms with E-state index in [1.807, 2.05) is 63.2 Å². The van der Waals surface area contributed by atoms with Crippen LogP contribution in [0.1, 0.15) is 106 Å². The fourth-order valence-electron chi connectivity index (χ4n) is 11.1. The van der Waals surface area contributed by atoms with Crippen molar-refractivity contribution in [2.45, 2.75) is 211 Å². The van der Waals surface area contributed by atoms with E-state index < -0.39 is 114 Å². The third-order valence-electron chi connectivity index (χ3n) is 15.5. The molecule has 6 rings (SSSR count). The summed E-state index contributed by atoms with van der Waals surface area (Å²) in [6.45, 7) is 20.9. The SMILES string of the molecule is CC[C@H]1OC(=O)[C@H](C)[C@@H](O[C@H]2C[C@@](C)(OC)[C@@H](O)[C@H](C)O2)[C@H](C)[C@@H](O[C@@H]2O[C@H](C)C[C@H](N(C)CCc3cn(C[C@H]4CN(c5nc(C)cs5)C(=O)O4)nn3)[C@H]2O)[C@](C)(O)C[C@@H](C)CN(C)[C@H](C)[C@@H](O)[C@]1(C)O. The Hall–Kier alpha value is -2.97. The highest BCUT2D eigenvalue weighted by molar-refractivity contribution is 7.14. The van der Waals surface area contributed by atoms with Crippen LogP contribution in [0.5, 0.6) is 0 Å². The molecule has 0 aliphatic carbocycles. The van der Waals surface area contributed by atoms with Crippen molar-refractivity contribution in [3.05, 3.63) is 23.0 Å². The lowest BCUT2D eigenvalue weighted by molar-refractivity contribution is -0.318. The maximum absolute atomic E-state index is 14.5. The molecule has 0 aromatic carbocycles. The van der Waals surface area contributed by atoms with Gasteiger partial charge in [-0.1, -0.05) is 26.0 Å². The first-order valence-electron chi connectivity index (χ1n) is 25.3. The van der Waals surface area contributed by atoms with Gasteiger partial charge in [0, 0.05) is 62.6 Å². The normalized spacial score (nSPS) is 41.7. The number of anilines is 1. The van der Waals surface area contributed by atoms with Gasteiger partial charge in [-0.3, -0.25) is 4.79 Å². The lowest BCUT2D eigenvalue weighted by atomic mass is 9.77. The van der Waals surface area contributed by atoms with Crippen LogP contribution in [0.15, 0.2) is 11.6 Å². The van der Waals surface area contributed by atoms with Crippen LogP contribution < -0.4 is 4.90 Å². The van der Waals surface area contributed by atoms with Crippen LogP contribution in [-0.4, -0.2) is 205 Å². The molecule has 1 amide bonds. The molecule has 4 aliphatic rings. The number of rotatable bonds is 13. The number of nitrogens with zero attached hydrogens (tertiary/aromatic N) is 7. The molecule has 4 aliphatic heterocycles. The lowest BCUT2D eigenvalue weighted by Gasteiger charge is -2.49. The number of cyclic esters (lactones) is 2. The van der Waals surface area contributed by atoms with Gasteiger partial charge in [-0.15, -0.1) is 16.4 Å². The zero-order valence-corrected chi connectivity index (χ0v) is 45.0. The number of esters is 1. The highest BCUT2D eigenvalue weighted by atomic mass is 32.1. The minimum Gasteiger partial charge on any atom is -0.459 e. The summed E-state index contributed by atoms with van der Waals surface area (Å²) in [4.78, 5) is 37.0. The molecule has 4 saturated heterocycles. The van der Waals surface area contributed by atoms with E-state index in [0.29, 0.717) is 49.8 Å². The second-order valence-corrected chi connectivity index (χ2v) is 22.6. The first-order chi connectivity index (χ1) is 33.2. The Morgan fingerprint density at radius 2 is 1.68 bits per heavy atom. The van der Waals surface area contributed by atoms with Gasteiger partial charge in [0.05, 0.1) is 66.0 Å². The molecule has 5 N–H and O–H groups in total. The molecule has 0 spiro atoms. The van der Waals surface area contributed by atoms with Crippen molar-refractivity contribution in [2.24, 2.45) is 17.8 Å². The van der Waals surface area contributed by atoms with Crippen molar-refractivity contribution in [2.75, 3.05) is 45.7 Å². The van der Waals surface area contributed by atoms with Gasteiger partial charge in [0.2, 0.25) is 0 Å². The third-order valence-corrected chi connectivity index (χ3v) is 16.5. The predicted molar refractivity (Wildman–Crippen MR) is 261 cm³/mol. The van der Waals surface area contributed by atoms with Crippen LogP contribution in [0.25, 0.3) is 0 Å². The lowest BCUT2D eigenvalue weighted by Crippen LogP contribution is -2.61. The fraction of sp³-hybridized carbons (Fsp3) is 0.857. The van der Waals surface area contributed by atoms with Crippen LogP contribution in [0.2, 0.25) is 0 Å². The van der Waals surface area contributed by atoms with Crippen LogP contribution in [0.3, 0.4) is 0 Å². The second kappa shape index (κ2) is 23.3. The van der Waals surface area contributed by atoms with Crippen molar-refractivity contribution in [3.63, 3.8) is 0 Å². The number of methoxy groups -OCH3 is 1. The van der Waals surface area contributed by atoms with Crippen molar-refractivity contribution in [1.82, 2.24) is 29.8 Å². The quantitative estimate of drug-likeness (QED) is 0.181. The molecule has 21 nitrogen and oxygen atoms in total. The first-order valence-corrected chi connectivity index (χ1v) is 26.1. The van der Waals surface area contributed by atoms with E-state index >= 15 is 0 Å². The highest BCUT2D eigenvalue weighted by Crippen LogP contribution is 2.40. The minimum absolute atomic E-state index is 0.0935. The molecule has 19 atom stereocenters. The average molecular weight is 1030 g/mol. The molecule has 4 fully saturated rings. The number of carbonyl (C=O) groups excluding carboxylic acids is 2. The van der Waals surface area contributed by atoms with Gasteiger partial charge < -0.3 is 68.5 Å². The van der Waals surface area contributed by atoms with Gasteiger partial charge >= 0.3 is 12.1 Å². The molecular weight excluding hydrogens is 943 g/mol. The largest absolute Gasteiger partial charge is 0.459 e. The van der Waals surface area contributed by atoms with E-state index in [-0.39, 0.29) is 31.3 Å². The van der Waals surface area contributed by atoms with Crippen LogP contribution >= 0.6 is 11.3 Å². The van der Waals surface area contributed by atoms with Gasteiger partial charge in [0.15, 0.2) is 17.7 Å². The summed E-state index contributed by atoms with van der Waals surface area (Å²) < 4.78 is 45.5. The number of aliphatic hydroxyl groups excluding tert-OH is 3. The Bertz CT molecular complexity index is 2060. The highest BCUT2D eigenvalue weighted by Gasteiger charge is 2.53. The van der Waals surface area contributed by atoms with Gasteiger partial charge in [-0.05, 0) is 94.7 Å². The summed E-state index contributed by atoms with van der Waals surface area (Å²) in [6, 6.07) is -1.03. The van der Waals surface area contributed by atoms with Gasteiger partial charge in [-0.25, -0.2) is 19.4 Å². The van der Waals surface area contributed by atoms with Gasteiger partial charge in [0.25, 0.3) is 0 Å². The molecule has 0 bridgehead atoms. The van der Waals surface area contributed by atoms with E-state index in [0.717, 1.165) is 5.69 Å². The third kappa shape index (κ3) is 13.1. The summed E-state index contributed by atoms with van der Waals surface area (Å²) in [6.07, 6.45) is -7.78. The van der Waals surface area contributed by atoms with E-state index in [9.17, 15) is 35.1 Å². The smallest absolute Gasteiger partial charge is 0.416 e.